The molecule has 2 rings (SSSR count). The summed E-state index contributed by atoms with van der Waals surface area (Å²) in [6.45, 7) is 8.95. The van der Waals surface area contributed by atoms with E-state index in [1.54, 1.807) is 0 Å². The number of hydrogen-bond donors (Lipinski definition) is 0. The second kappa shape index (κ2) is 6.11. The normalized spacial score (nSPS) is 23.6. The van der Waals surface area contributed by atoms with Crippen LogP contribution >= 0.6 is 0 Å². The van der Waals surface area contributed by atoms with Crippen LogP contribution in [0.25, 0.3) is 0 Å². The van der Waals surface area contributed by atoms with Crippen molar-refractivity contribution in [2.24, 2.45) is 11.8 Å². The quantitative estimate of drug-likeness (QED) is 0.763. The lowest BCUT2D eigenvalue weighted by Gasteiger charge is -2.25. The molecule has 1 aliphatic carbocycles. The minimum absolute atomic E-state index is 0.183. The molecule has 1 nitrogen and oxygen atoms in total. The van der Waals surface area contributed by atoms with Gasteiger partial charge in [0.1, 0.15) is 5.78 Å². The molecule has 0 N–H and O–H groups in total. The summed E-state index contributed by atoms with van der Waals surface area (Å²) in [6.07, 6.45) is 5.25. The van der Waals surface area contributed by atoms with Gasteiger partial charge in [-0.2, -0.15) is 0 Å². The number of carbonyl (C=O) groups is 1. The highest BCUT2D eigenvalue weighted by molar-refractivity contribution is 5.83. The van der Waals surface area contributed by atoms with Crippen molar-refractivity contribution in [3.05, 3.63) is 35.4 Å². The monoisotopic (exact) mass is 272 g/mol. The molecule has 0 heterocycles. The molecular weight excluding hydrogens is 244 g/mol. The van der Waals surface area contributed by atoms with Gasteiger partial charge in [0.15, 0.2) is 0 Å². The van der Waals surface area contributed by atoms with Gasteiger partial charge in [-0.3, -0.25) is 4.79 Å². The second-order valence-electron chi connectivity index (χ2n) is 7.55. The van der Waals surface area contributed by atoms with Gasteiger partial charge in [-0.05, 0) is 35.3 Å². The van der Waals surface area contributed by atoms with Crippen molar-refractivity contribution in [3.8, 4) is 0 Å². The maximum absolute atomic E-state index is 12.4. The van der Waals surface area contributed by atoms with Crippen LogP contribution in [0.3, 0.4) is 0 Å². The number of Topliss-reactive ketones (excluding diaryl/α,β-unsaturated/α-hetero) is 1. The van der Waals surface area contributed by atoms with Crippen molar-refractivity contribution in [2.75, 3.05) is 0 Å². The lowest BCUT2D eigenvalue weighted by Crippen LogP contribution is -2.22. The van der Waals surface area contributed by atoms with Crippen LogP contribution in [0.2, 0.25) is 0 Å². The Labute approximate surface area is 123 Å². The molecule has 0 saturated heterocycles. The van der Waals surface area contributed by atoms with Crippen LogP contribution in [-0.2, 0) is 16.6 Å². The van der Waals surface area contributed by atoms with Crippen LogP contribution in [0.5, 0.6) is 0 Å². The Bertz CT molecular complexity index is 442. The zero-order chi connectivity index (χ0) is 14.8. The summed E-state index contributed by atoms with van der Waals surface area (Å²) in [4.78, 5) is 12.4. The highest BCUT2D eigenvalue weighted by Gasteiger charge is 2.24. The molecule has 0 atom stereocenters. The Morgan fingerprint density at radius 1 is 1.05 bits per heavy atom. The topological polar surface area (TPSA) is 17.1 Å². The smallest absolute Gasteiger partial charge is 0.140 e. The Kier molecular flexibility index (Phi) is 4.67. The predicted molar refractivity (Wildman–Crippen MR) is 85.0 cm³/mol. The molecule has 1 fully saturated rings. The molecule has 1 heteroatoms. The van der Waals surface area contributed by atoms with Gasteiger partial charge in [0.05, 0.1) is 0 Å². The number of rotatable bonds is 3. The van der Waals surface area contributed by atoms with E-state index < -0.39 is 0 Å². The fourth-order valence-electron chi connectivity index (χ4n) is 3.05. The summed E-state index contributed by atoms with van der Waals surface area (Å²) < 4.78 is 0. The molecule has 20 heavy (non-hydrogen) atoms. The largest absolute Gasteiger partial charge is 0.299 e. The predicted octanol–water partition coefficient (Wildman–Crippen LogP) is 4.92. The fourth-order valence-corrected chi connectivity index (χ4v) is 3.05. The Morgan fingerprint density at radius 2 is 1.60 bits per heavy atom. The lowest BCUT2D eigenvalue weighted by atomic mass is 9.79. The van der Waals surface area contributed by atoms with Crippen molar-refractivity contribution in [1.82, 2.24) is 0 Å². The van der Waals surface area contributed by atoms with Crippen molar-refractivity contribution in [1.29, 1.82) is 0 Å². The molecule has 1 saturated carbocycles. The average molecular weight is 272 g/mol. The van der Waals surface area contributed by atoms with Gasteiger partial charge in [0, 0.05) is 12.3 Å². The minimum Gasteiger partial charge on any atom is -0.299 e. The highest BCUT2D eigenvalue weighted by Crippen LogP contribution is 2.30. The van der Waals surface area contributed by atoms with Gasteiger partial charge in [0.2, 0.25) is 0 Å². The molecule has 1 aromatic rings. The van der Waals surface area contributed by atoms with Gasteiger partial charge in [-0.25, -0.2) is 0 Å². The zero-order valence-corrected chi connectivity index (χ0v) is 13.4. The summed E-state index contributed by atoms with van der Waals surface area (Å²) in [5, 5.41) is 0. The van der Waals surface area contributed by atoms with E-state index in [0.29, 0.717) is 18.1 Å². The first-order valence-corrected chi connectivity index (χ1v) is 7.98. The first kappa shape index (κ1) is 15.3. The molecule has 1 aromatic carbocycles. The van der Waals surface area contributed by atoms with Crippen molar-refractivity contribution in [2.45, 2.75) is 65.2 Å². The van der Waals surface area contributed by atoms with E-state index in [4.69, 9.17) is 0 Å². The molecule has 0 aromatic heterocycles. The van der Waals surface area contributed by atoms with E-state index in [1.807, 2.05) is 0 Å². The zero-order valence-electron chi connectivity index (χ0n) is 13.4. The summed E-state index contributed by atoms with van der Waals surface area (Å²) in [7, 11) is 0. The maximum atomic E-state index is 12.4. The summed E-state index contributed by atoms with van der Waals surface area (Å²) >= 11 is 0. The Hall–Kier alpha value is -1.11. The van der Waals surface area contributed by atoms with E-state index in [2.05, 4.69) is 52.0 Å². The highest BCUT2D eigenvalue weighted by atomic mass is 16.1. The summed E-state index contributed by atoms with van der Waals surface area (Å²) in [5.74, 6) is 1.57. The van der Waals surface area contributed by atoms with E-state index in [1.165, 1.54) is 24.0 Å². The first-order chi connectivity index (χ1) is 9.36. The SMILES string of the molecule is CC1CCC(C(=O)Cc2ccc(C(C)(C)C)cc2)CC1. The van der Waals surface area contributed by atoms with Crippen molar-refractivity contribution >= 4 is 5.78 Å². The first-order valence-electron chi connectivity index (χ1n) is 7.98. The third-order valence-corrected chi connectivity index (χ3v) is 4.67. The second-order valence-corrected chi connectivity index (χ2v) is 7.55. The molecule has 0 unspecified atom stereocenters. The van der Waals surface area contributed by atoms with E-state index >= 15 is 0 Å². The number of hydrogen-bond acceptors (Lipinski definition) is 1. The molecule has 0 amide bonds. The minimum atomic E-state index is 0.183. The number of ketones is 1. The van der Waals surface area contributed by atoms with Crippen molar-refractivity contribution in [3.63, 3.8) is 0 Å². The van der Waals surface area contributed by atoms with Gasteiger partial charge >= 0.3 is 0 Å². The molecule has 0 bridgehead atoms. The average Bonchev–Trinajstić information content (AvgIpc) is 2.39. The van der Waals surface area contributed by atoms with Gasteiger partial charge in [-0.1, -0.05) is 64.8 Å². The Morgan fingerprint density at radius 3 is 2.10 bits per heavy atom. The number of carbonyl (C=O) groups excluding carboxylic acids is 1. The third kappa shape index (κ3) is 3.94. The molecule has 0 spiro atoms. The van der Waals surface area contributed by atoms with E-state index in [-0.39, 0.29) is 5.41 Å². The van der Waals surface area contributed by atoms with E-state index in [0.717, 1.165) is 18.8 Å². The maximum Gasteiger partial charge on any atom is 0.140 e. The summed E-state index contributed by atoms with van der Waals surface area (Å²) in [6, 6.07) is 8.60. The Balaban J connectivity index is 1.94. The molecule has 0 aliphatic heterocycles. The standard InChI is InChI=1S/C19H28O/c1-14-5-9-16(10-6-14)18(20)13-15-7-11-17(12-8-15)19(2,3)4/h7-8,11-12,14,16H,5-6,9-10,13H2,1-4H3. The molecule has 1 aliphatic rings. The number of benzene rings is 1. The van der Waals surface area contributed by atoms with Crippen LogP contribution < -0.4 is 0 Å². The fraction of sp³-hybridized carbons (Fsp3) is 0.632. The molecular formula is C19H28O. The van der Waals surface area contributed by atoms with Crippen LogP contribution in [0.1, 0.15) is 64.5 Å². The van der Waals surface area contributed by atoms with E-state index in [9.17, 15) is 4.79 Å². The molecule has 110 valence electrons. The van der Waals surface area contributed by atoms with Gasteiger partial charge < -0.3 is 0 Å². The van der Waals surface area contributed by atoms with Crippen LogP contribution in [0.4, 0.5) is 0 Å². The summed E-state index contributed by atoms with van der Waals surface area (Å²) in [5.41, 5.74) is 2.68. The third-order valence-electron chi connectivity index (χ3n) is 4.67. The van der Waals surface area contributed by atoms with Gasteiger partial charge in [0.25, 0.3) is 0 Å². The molecule has 0 radical (unpaired) electrons. The van der Waals surface area contributed by atoms with Gasteiger partial charge in [-0.15, -0.1) is 0 Å². The van der Waals surface area contributed by atoms with Crippen LogP contribution in [0.15, 0.2) is 24.3 Å². The lowest BCUT2D eigenvalue weighted by molar-refractivity contribution is -0.123. The van der Waals surface area contributed by atoms with Crippen molar-refractivity contribution < 1.29 is 4.79 Å². The van der Waals surface area contributed by atoms with Crippen LogP contribution in [0, 0.1) is 11.8 Å². The van der Waals surface area contributed by atoms with Crippen LogP contribution in [-0.4, -0.2) is 5.78 Å².